The van der Waals surface area contributed by atoms with E-state index in [1.165, 1.54) is 33.4 Å². The van der Waals surface area contributed by atoms with E-state index in [1.807, 2.05) is 0 Å². The molecule has 0 spiro atoms. The zero-order valence-corrected chi connectivity index (χ0v) is 14.4. The lowest BCUT2D eigenvalue weighted by Gasteiger charge is -2.15. The number of nitrogens with zero attached hydrogens (tertiary/aromatic N) is 1. The van der Waals surface area contributed by atoms with Crippen LogP contribution in [0.25, 0.3) is 27.7 Å². The average Bonchev–Trinajstić information content (AvgIpc) is 2.96. The van der Waals surface area contributed by atoms with Crippen LogP contribution in [-0.4, -0.2) is 4.57 Å². The normalized spacial score (nSPS) is 11.0. The molecule has 1 heterocycles. The van der Waals surface area contributed by atoms with Gasteiger partial charge in [0.1, 0.15) is 0 Å². The van der Waals surface area contributed by atoms with Crippen LogP contribution in [0.5, 0.6) is 0 Å². The fourth-order valence-corrected chi connectivity index (χ4v) is 3.37. The van der Waals surface area contributed by atoms with Gasteiger partial charge >= 0.3 is 0 Å². The van der Waals surface area contributed by atoms with Crippen LogP contribution in [0, 0.1) is 6.92 Å². The Bertz CT molecular complexity index is 975. The second kappa shape index (κ2) is 5.71. The van der Waals surface area contributed by atoms with Crippen molar-refractivity contribution in [3.8, 4) is 16.9 Å². The van der Waals surface area contributed by atoms with E-state index in [1.54, 1.807) is 0 Å². The third kappa shape index (κ3) is 2.49. The van der Waals surface area contributed by atoms with Gasteiger partial charge in [0.05, 0.1) is 11.4 Å². The van der Waals surface area contributed by atoms with Crippen LogP contribution in [0.15, 0.2) is 83.3 Å². The molecule has 0 atom stereocenters. The van der Waals surface area contributed by atoms with Crippen LogP contribution < -0.4 is 0 Å². The van der Waals surface area contributed by atoms with Crippen molar-refractivity contribution in [2.75, 3.05) is 0 Å². The first-order valence-electron chi connectivity index (χ1n) is 7.66. The van der Waals surface area contributed by atoms with Gasteiger partial charge in [-0.3, -0.25) is 0 Å². The molecule has 1 nitrogen and oxygen atoms in total. The molecule has 0 aliphatic rings. The summed E-state index contributed by atoms with van der Waals surface area (Å²) in [6.45, 7) is 2.16. The monoisotopic (exact) mass is 361 g/mol. The van der Waals surface area contributed by atoms with E-state index in [2.05, 4.69) is 106 Å². The predicted octanol–water partition coefficient (Wildman–Crippen LogP) is 6.37. The lowest BCUT2D eigenvalue weighted by Crippen LogP contribution is -1.99. The van der Waals surface area contributed by atoms with E-state index in [0.717, 1.165) is 4.47 Å². The highest BCUT2D eigenvalue weighted by atomic mass is 79.9. The zero-order chi connectivity index (χ0) is 15.8. The highest BCUT2D eigenvalue weighted by Crippen LogP contribution is 2.31. The molecule has 3 aromatic carbocycles. The maximum Gasteiger partial charge on any atom is 0.0536 e. The predicted molar refractivity (Wildman–Crippen MR) is 101 cm³/mol. The summed E-state index contributed by atoms with van der Waals surface area (Å²) in [5.74, 6) is 0. The van der Waals surface area contributed by atoms with E-state index in [0.29, 0.717) is 0 Å². The maximum atomic E-state index is 3.51. The van der Waals surface area contributed by atoms with Crippen molar-refractivity contribution in [2.24, 2.45) is 0 Å². The smallest absolute Gasteiger partial charge is 0.0536 e. The first-order valence-corrected chi connectivity index (χ1v) is 8.46. The van der Waals surface area contributed by atoms with Gasteiger partial charge in [-0.15, -0.1) is 0 Å². The summed E-state index contributed by atoms with van der Waals surface area (Å²) >= 11 is 3.51. The van der Waals surface area contributed by atoms with Crippen molar-refractivity contribution >= 4 is 26.7 Å². The average molecular weight is 362 g/mol. The molecule has 0 saturated carbocycles. The van der Waals surface area contributed by atoms with E-state index in [4.69, 9.17) is 0 Å². The molecule has 0 saturated heterocycles. The maximum absolute atomic E-state index is 3.51. The van der Waals surface area contributed by atoms with Crippen molar-refractivity contribution in [1.82, 2.24) is 4.57 Å². The Hall–Kier alpha value is -2.32. The second-order valence-corrected chi connectivity index (χ2v) is 6.62. The Morgan fingerprint density at radius 2 is 1.48 bits per heavy atom. The Morgan fingerprint density at radius 3 is 2.30 bits per heavy atom. The topological polar surface area (TPSA) is 4.93 Å². The summed E-state index contributed by atoms with van der Waals surface area (Å²) in [6, 6.07) is 27.9. The first kappa shape index (κ1) is 14.3. The van der Waals surface area contributed by atoms with Gasteiger partial charge in [-0.2, -0.15) is 0 Å². The quantitative estimate of drug-likeness (QED) is 0.391. The number of benzene rings is 3. The van der Waals surface area contributed by atoms with Crippen molar-refractivity contribution < 1.29 is 0 Å². The second-order valence-electron chi connectivity index (χ2n) is 5.70. The summed E-state index contributed by atoms with van der Waals surface area (Å²) in [7, 11) is 0. The largest absolute Gasteiger partial charge is 0.313 e. The van der Waals surface area contributed by atoms with Gasteiger partial charge in [0.25, 0.3) is 0 Å². The van der Waals surface area contributed by atoms with Crippen LogP contribution in [0.3, 0.4) is 0 Å². The molecule has 0 fully saturated rings. The minimum absolute atomic E-state index is 1.10. The fraction of sp³-hybridized carbons (Fsp3) is 0.0476. The van der Waals surface area contributed by atoms with Crippen molar-refractivity contribution in [3.05, 3.63) is 89.0 Å². The molecule has 0 aliphatic heterocycles. The highest BCUT2D eigenvalue weighted by Gasteiger charge is 2.11. The molecule has 4 aromatic rings. The van der Waals surface area contributed by atoms with Gasteiger partial charge in [-0.1, -0.05) is 64.5 Å². The third-order valence-corrected chi connectivity index (χ3v) is 4.75. The van der Waals surface area contributed by atoms with Crippen LogP contribution in [0.1, 0.15) is 5.69 Å². The van der Waals surface area contributed by atoms with Gasteiger partial charge in [0.15, 0.2) is 0 Å². The Balaban J connectivity index is 1.99. The van der Waals surface area contributed by atoms with Crippen LogP contribution in [0.4, 0.5) is 0 Å². The SMILES string of the molecule is Cc1ccc(-c2ccc(Br)cc2)n1-c1cccc2ccccc12. The lowest BCUT2D eigenvalue weighted by molar-refractivity contribution is 1.03. The van der Waals surface area contributed by atoms with Crippen molar-refractivity contribution in [3.63, 3.8) is 0 Å². The fourth-order valence-electron chi connectivity index (χ4n) is 3.11. The molecule has 0 N–H and O–H groups in total. The van der Waals surface area contributed by atoms with Gasteiger partial charge in [0, 0.05) is 15.6 Å². The third-order valence-electron chi connectivity index (χ3n) is 4.22. The van der Waals surface area contributed by atoms with Gasteiger partial charge in [-0.05, 0) is 48.2 Å². The highest BCUT2D eigenvalue weighted by molar-refractivity contribution is 9.10. The van der Waals surface area contributed by atoms with E-state index in [-0.39, 0.29) is 0 Å². The molecule has 0 radical (unpaired) electrons. The molecule has 1 aromatic heterocycles. The summed E-state index contributed by atoms with van der Waals surface area (Å²) in [6.07, 6.45) is 0. The number of halogens is 1. The summed E-state index contributed by atoms with van der Waals surface area (Å²) in [4.78, 5) is 0. The number of aryl methyl sites for hydroxylation is 1. The first-order chi connectivity index (χ1) is 11.2. The molecule has 0 amide bonds. The summed E-state index contributed by atoms with van der Waals surface area (Å²) in [5.41, 5.74) is 4.89. The van der Waals surface area contributed by atoms with Crippen LogP contribution >= 0.6 is 15.9 Å². The number of aromatic nitrogens is 1. The number of hydrogen-bond donors (Lipinski definition) is 0. The van der Waals surface area contributed by atoms with Crippen molar-refractivity contribution in [2.45, 2.75) is 6.92 Å². The molecule has 112 valence electrons. The molecule has 4 rings (SSSR count). The Kier molecular flexibility index (Phi) is 3.55. The number of hydrogen-bond acceptors (Lipinski definition) is 0. The van der Waals surface area contributed by atoms with Crippen LogP contribution in [-0.2, 0) is 0 Å². The Morgan fingerprint density at radius 1 is 0.739 bits per heavy atom. The minimum atomic E-state index is 1.10. The molecular weight excluding hydrogens is 346 g/mol. The van der Waals surface area contributed by atoms with E-state index < -0.39 is 0 Å². The van der Waals surface area contributed by atoms with E-state index in [9.17, 15) is 0 Å². The summed E-state index contributed by atoms with van der Waals surface area (Å²) in [5, 5.41) is 2.53. The van der Waals surface area contributed by atoms with Crippen LogP contribution in [0.2, 0.25) is 0 Å². The number of fused-ring (bicyclic) bond motifs is 1. The van der Waals surface area contributed by atoms with Gasteiger partial charge < -0.3 is 4.57 Å². The minimum Gasteiger partial charge on any atom is -0.313 e. The summed E-state index contributed by atoms with van der Waals surface area (Å²) < 4.78 is 3.44. The molecule has 23 heavy (non-hydrogen) atoms. The molecule has 0 unspecified atom stereocenters. The molecule has 0 aliphatic carbocycles. The molecule has 2 heteroatoms. The van der Waals surface area contributed by atoms with Gasteiger partial charge in [-0.25, -0.2) is 0 Å². The van der Waals surface area contributed by atoms with Crippen molar-refractivity contribution in [1.29, 1.82) is 0 Å². The number of rotatable bonds is 2. The Labute approximate surface area is 144 Å². The lowest BCUT2D eigenvalue weighted by atomic mass is 10.1. The van der Waals surface area contributed by atoms with E-state index >= 15 is 0 Å². The van der Waals surface area contributed by atoms with Gasteiger partial charge in [0.2, 0.25) is 0 Å². The standard InChI is InChI=1S/C21H16BrN/c1-15-9-14-20(17-10-12-18(22)13-11-17)23(15)21-8-4-6-16-5-2-3-7-19(16)21/h2-14H,1H3. The zero-order valence-electron chi connectivity index (χ0n) is 12.8. The molecule has 0 bridgehead atoms. The molecular formula is C21H16BrN.